The molecule has 2 aromatic rings. The molecule has 0 bridgehead atoms. The molecule has 0 radical (unpaired) electrons. The standard InChI is InChI=1S/C21H18I2N2O5/c1-4-11(2)29-19-15(22)8-13(9-16(19)23)10-17-21(26)30-20(24-17)14-6-5-7-18(12(14)3)25(27)28/h5-11H,4H2,1-3H3/b17-10-. The molecule has 1 heterocycles. The summed E-state index contributed by atoms with van der Waals surface area (Å²) in [5.41, 5.74) is 1.68. The van der Waals surface area contributed by atoms with E-state index >= 15 is 0 Å². The third-order valence-electron chi connectivity index (χ3n) is 4.57. The summed E-state index contributed by atoms with van der Waals surface area (Å²) in [5, 5.41) is 11.2. The third-order valence-corrected chi connectivity index (χ3v) is 6.17. The molecule has 1 aliphatic heterocycles. The summed E-state index contributed by atoms with van der Waals surface area (Å²) in [6, 6.07) is 8.41. The Bertz CT molecular complexity index is 1070. The lowest BCUT2D eigenvalue weighted by Gasteiger charge is -2.16. The highest BCUT2D eigenvalue weighted by Gasteiger charge is 2.27. The molecule has 0 saturated heterocycles. The van der Waals surface area contributed by atoms with E-state index in [1.165, 1.54) is 6.07 Å². The van der Waals surface area contributed by atoms with Crippen molar-refractivity contribution in [1.29, 1.82) is 0 Å². The number of nitro groups is 1. The first kappa shape index (κ1) is 22.7. The summed E-state index contributed by atoms with van der Waals surface area (Å²) < 4.78 is 13.1. The van der Waals surface area contributed by atoms with Gasteiger partial charge in [0.05, 0.1) is 18.2 Å². The molecule has 9 heteroatoms. The quantitative estimate of drug-likeness (QED) is 0.135. The van der Waals surface area contributed by atoms with E-state index in [-0.39, 0.29) is 23.4 Å². The number of esters is 1. The topological polar surface area (TPSA) is 91.0 Å². The Kier molecular flexibility index (Phi) is 7.11. The molecule has 0 aromatic heterocycles. The zero-order valence-corrected chi connectivity index (χ0v) is 20.8. The van der Waals surface area contributed by atoms with Crippen LogP contribution in [-0.2, 0) is 9.53 Å². The fourth-order valence-electron chi connectivity index (χ4n) is 2.80. The molecule has 3 rings (SSSR count). The first-order valence-electron chi connectivity index (χ1n) is 9.13. The highest BCUT2D eigenvalue weighted by molar-refractivity contribution is 14.1. The average molecular weight is 632 g/mol. The predicted octanol–water partition coefficient (Wildman–Crippen LogP) is 5.63. The van der Waals surface area contributed by atoms with Gasteiger partial charge in [0.1, 0.15) is 5.75 Å². The monoisotopic (exact) mass is 632 g/mol. The van der Waals surface area contributed by atoms with Crippen molar-refractivity contribution in [2.75, 3.05) is 0 Å². The Hall–Kier alpha value is -2.02. The fraction of sp³-hybridized carbons (Fsp3) is 0.238. The molecule has 0 aliphatic carbocycles. The van der Waals surface area contributed by atoms with Crippen molar-refractivity contribution in [2.24, 2.45) is 4.99 Å². The molecule has 2 aromatic carbocycles. The number of nitrogens with zero attached hydrogens (tertiary/aromatic N) is 2. The number of ether oxygens (including phenoxy) is 2. The van der Waals surface area contributed by atoms with Crippen LogP contribution in [0, 0.1) is 24.2 Å². The number of hydrogen-bond donors (Lipinski definition) is 0. The largest absolute Gasteiger partial charge is 0.489 e. The van der Waals surface area contributed by atoms with Crippen LogP contribution in [0.2, 0.25) is 0 Å². The predicted molar refractivity (Wildman–Crippen MR) is 131 cm³/mol. The average Bonchev–Trinajstić information content (AvgIpc) is 3.04. The lowest BCUT2D eigenvalue weighted by molar-refractivity contribution is -0.385. The van der Waals surface area contributed by atoms with Gasteiger partial charge in [-0.25, -0.2) is 9.79 Å². The molecule has 0 spiro atoms. The molecule has 30 heavy (non-hydrogen) atoms. The van der Waals surface area contributed by atoms with Gasteiger partial charge >= 0.3 is 5.97 Å². The van der Waals surface area contributed by atoms with Crippen molar-refractivity contribution in [3.05, 3.63) is 70.0 Å². The van der Waals surface area contributed by atoms with Crippen molar-refractivity contribution in [2.45, 2.75) is 33.3 Å². The highest BCUT2D eigenvalue weighted by Crippen LogP contribution is 2.32. The van der Waals surface area contributed by atoms with E-state index in [1.54, 1.807) is 25.1 Å². The van der Waals surface area contributed by atoms with E-state index in [9.17, 15) is 14.9 Å². The van der Waals surface area contributed by atoms with Gasteiger partial charge in [0.25, 0.3) is 5.69 Å². The van der Waals surface area contributed by atoms with E-state index in [2.05, 4.69) is 57.1 Å². The fourth-order valence-corrected chi connectivity index (χ4v) is 4.87. The lowest BCUT2D eigenvalue weighted by atomic mass is 10.1. The Morgan fingerprint density at radius 3 is 2.57 bits per heavy atom. The van der Waals surface area contributed by atoms with Gasteiger partial charge in [0.15, 0.2) is 5.70 Å². The zero-order valence-electron chi connectivity index (χ0n) is 16.4. The van der Waals surface area contributed by atoms with Crippen molar-refractivity contribution in [3.8, 4) is 5.75 Å². The minimum absolute atomic E-state index is 0.0512. The maximum atomic E-state index is 12.3. The summed E-state index contributed by atoms with van der Waals surface area (Å²) in [7, 11) is 0. The Morgan fingerprint density at radius 1 is 1.30 bits per heavy atom. The van der Waals surface area contributed by atoms with Gasteiger partial charge in [-0.05, 0) is 95.3 Å². The highest BCUT2D eigenvalue weighted by atomic mass is 127. The number of benzene rings is 2. The van der Waals surface area contributed by atoms with Gasteiger partial charge < -0.3 is 9.47 Å². The summed E-state index contributed by atoms with van der Waals surface area (Å²) in [6.45, 7) is 5.68. The molecular formula is C21H18I2N2O5. The van der Waals surface area contributed by atoms with E-state index in [4.69, 9.17) is 9.47 Å². The van der Waals surface area contributed by atoms with Crippen LogP contribution in [-0.4, -0.2) is 22.9 Å². The van der Waals surface area contributed by atoms with Crippen LogP contribution < -0.4 is 4.74 Å². The van der Waals surface area contributed by atoms with E-state index in [0.29, 0.717) is 11.1 Å². The van der Waals surface area contributed by atoms with Gasteiger partial charge in [-0.15, -0.1) is 0 Å². The van der Waals surface area contributed by atoms with Crippen molar-refractivity contribution < 1.29 is 19.2 Å². The second kappa shape index (κ2) is 9.41. The van der Waals surface area contributed by atoms with E-state index in [1.807, 2.05) is 19.1 Å². The first-order valence-corrected chi connectivity index (χ1v) is 11.3. The molecule has 0 saturated carbocycles. The molecule has 0 amide bonds. The Balaban J connectivity index is 1.96. The molecule has 7 nitrogen and oxygen atoms in total. The van der Waals surface area contributed by atoms with Crippen LogP contribution in [0.1, 0.15) is 37.0 Å². The van der Waals surface area contributed by atoms with Gasteiger partial charge in [-0.2, -0.15) is 0 Å². The Labute approximate surface area is 201 Å². The van der Waals surface area contributed by atoms with Gasteiger partial charge in [-0.1, -0.05) is 13.0 Å². The third kappa shape index (κ3) is 4.82. The van der Waals surface area contributed by atoms with Crippen LogP contribution in [0.3, 0.4) is 0 Å². The van der Waals surface area contributed by atoms with Crippen LogP contribution in [0.15, 0.2) is 41.0 Å². The summed E-state index contributed by atoms with van der Waals surface area (Å²) in [4.78, 5) is 27.3. The molecular weight excluding hydrogens is 614 g/mol. The molecule has 1 atom stereocenters. The van der Waals surface area contributed by atoms with Crippen molar-refractivity contribution in [3.63, 3.8) is 0 Å². The number of carbonyl (C=O) groups is 1. The normalized spacial score (nSPS) is 15.7. The second-order valence-electron chi connectivity index (χ2n) is 6.69. The molecule has 0 fully saturated rings. The molecule has 1 unspecified atom stereocenters. The number of halogens is 2. The number of aliphatic imine (C=N–C) groups is 1. The molecule has 1 aliphatic rings. The van der Waals surface area contributed by atoms with Crippen molar-refractivity contribution >= 4 is 68.8 Å². The number of rotatable bonds is 6. The molecule has 156 valence electrons. The summed E-state index contributed by atoms with van der Waals surface area (Å²) in [5.74, 6) is 0.285. The SMILES string of the molecule is CCC(C)Oc1c(I)cc(/C=C2\N=C(c3cccc([N+](=O)[O-])c3C)OC2=O)cc1I. The van der Waals surface area contributed by atoms with Crippen LogP contribution >= 0.6 is 45.2 Å². The van der Waals surface area contributed by atoms with Crippen molar-refractivity contribution in [1.82, 2.24) is 0 Å². The van der Waals surface area contributed by atoms with Crippen LogP contribution in [0.25, 0.3) is 6.08 Å². The zero-order chi connectivity index (χ0) is 22.0. The summed E-state index contributed by atoms with van der Waals surface area (Å²) >= 11 is 4.41. The Morgan fingerprint density at radius 2 is 1.97 bits per heavy atom. The number of nitro benzene ring substituents is 1. The van der Waals surface area contributed by atoms with Gasteiger partial charge in [0, 0.05) is 17.2 Å². The van der Waals surface area contributed by atoms with Gasteiger partial charge in [0.2, 0.25) is 5.90 Å². The first-order chi connectivity index (χ1) is 14.2. The minimum atomic E-state index is -0.596. The number of hydrogen-bond acceptors (Lipinski definition) is 6. The van der Waals surface area contributed by atoms with E-state index in [0.717, 1.165) is 24.9 Å². The van der Waals surface area contributed by atoms with E-state index < -0.39 is 10.9 Å². The number of cyclic esters (lactones) is 1. The second-order valence-corrected chi connectivity index (χ2v) is 9.02. The minimum Gasteiger partial charge on any atom is -0.489 e. The lowest BCUT2D eigenvalue weighted by Crippen LogP contribution is -2.11. The number of carbonyl (C=O) groups excluding carboxylic acids is 1. The summed E-state index contributed by atoms with van der Waals surface area (Å²) in [6.07, 6.45) is 2.64. The maximum Gasteiger partial charge on any atom is 0.363 e. The molecule has 0 N–H and O–H groups in total. The van der Waals surface area contributed by atoms with Crippen LogP contribution in [0.4, 0.5) is 5.69 Å². The smallest absolute Gasteiger partial charge is 0.363 e. The van der Waals surface area contributed by atoms with Crippen LogP contribution in [0.5, 0.6) is 5.75 Å². The maximum absolute atomic E-state index is 12.3. The van der Waals surface area contributed by atoms with Gasteiger partial charge in [-0.3, -0.25) is 10.1 Å².